The van der Waals surface area contributed by atoms with Crippen molar-refractivity contribution in [3.63, 3.8) is 0 Å². The van der Waals surface area contributed by atoms with Gasteiger partial charge in [0.1, 0.15) is 4.60 Å². The summed E-state index contributed by atoms with van der Waals surface area (Å²) < 4.78 is 2.80. The lowest BCUT2D eigenvalue weighted by atomic mass is 10.1. The van der Waals surface area contributed by atoms with Crippen LogP contribution in [0.15, 0.2) is 28.9 Å². The minimum Gasteiger partial charge on any atom is -0.396 e. The van der Waals surface area contributed by atoms with Gasteiger partial charge >= 0.3 is 0 Å². The van der Waals surface area contributed by atoms with Crippen molar-refractivity contribution in [3.8, 4) is 5.69 Å². The van der Waals surface area contributed by atoms with Crippen molar-refractivity contribution in [1.82, 2.24) is 9.78 Å². The Kier molecular flexibility index (Phi) is 4.19. The molecule has 0 bridgehead atoms. The molecular weight excluding hydrogens is 292 g/mol. The zero-order valence-corrected chi connectivity index (χ0v) is 12.2. The zero-order chi connectivity index (χ0) is 13.1. The van der Waals surface area contributed by atoms with Gasteiger partial charge in [0, 0.05) is 18.6 Å². The van der Waals surface area contributed by atoms with Gasteiger partial charge in [-0.3, -0.25) is 0 Å². The Labute approximate surface area is 116 Å². The van der Waals surface area contributed by atoms with Crippen LogP contribution in [0.2, 0.25) is 0 Å². The number of aromatic nitrogens is 2. The summed E-state index contributed by atoms with van der Waals surface area (Å²) in [7, 11) is 0. The lowest BCUT2D eigenvalue weighted by molar-refractivity contribution is 0.299. The number of hydrogen-bond acceptors (Lipinski definition) is 2. The molecule has 4 heteroatoms. The van der Waals surface area contributed by atoms with Crippen LogP contribution >= 0.6 is 15.9 Å². The molecule has 0 spiro atoms. The van der Waals surface area contributed by atoms with Gasteiger partial charge in [0.15, 0.2) is 0 Å². The topological polar surface area (TPSA) is 38.0 Å². The third kappa shape index (κ3) is 2.49. The Morgan fingerprint density at radius 2 is 1.94 bits per heavy atom. The summed E-state index contributed by atoms with van der Waals surface area (Å²) in [6.07, 6.45) is 1.66. The molecule has 2 aromatic rings. The van der Waals surface area contributed by atoms with Crippen LogP contribution in [0.4, 0.5) is 0 Å². The van der Waals surface area contributed by atoms with E-state index in [1.54, 1.807) is 0 Å². The Morgan fingerprint density at radius 1 is 1.28 bits per heavy atom. The number of benzene rings is 1. The van der Waals surface area contributed by atoms with E-state index in [9.17, 15) is 0 Å². The number of aliphatic hydroxyl groups is 1. The second-order valence-corrected chi connectivity index (χ2v) is 5.01. The molecule has 0 unspecified atom stereocenters. The molecule has 0 atom stereocenters. The van der Waals surface area contributed by atoms with Crippen molar-refractivity contribution in [3.05, 3.63) is 45.7 Å². The van der Waals surface area contributed by atoms with Crippen molar-refractivity contribution in [2.45, 2.75) is 26.7 Å². The Balaban J connectivity index is 2.40. The Morgan fingerprint density at radius 3 is 2.50 bits per heavy atom. The predicted octanol–water partition coefficient (Wildman–Crippen LogP) is 3.04. The van der Waals surface area contributed by atoms with Crippen LogP contribution in [-0.2, 0) is 12.8 Å². The zero-order valence-electron chi connectivity index (χ0n) is 10.7. The van der Waals surface area contributed by atoms with E-state index < -0.39 is 0 Å². The number of rotatable bonds is 4. The first kappa shape index (κ1) is 13.3. The first-order chi connectivity index (χ1) is 8.67. The van der Waals surface area contributed by atoms with Gasteiger partial charge in [-0.15, -0.1) is 0 Å². The van der Waals surface area contributed by atoms with Crippen molar-refractivity contribution in [1.29, 1.82) is 0 Å². The summed E-state index contributed by atoms with van der Waals surface area (Å²) >= 11 is 3.56. The largest absolute Gasteiger partial charge is 0.396 e. The number of nitrogens with zero attached hydrogens (tertiary/aromatic N) is 2. The molecule has 0 saturated carbocycles. The summed E-state index contributed by atoms with van der Waals surface area (Å²) in [5.41, 5.74) is 4.37. The van der Waals surface area contributed by atoms with Gasteiger partial charge in [0.2, 0.25) is 0 Å². The minimum absolute atomic E-state index is 0.139. The number of aliphatic hydroxyl groups excluding tert-OH is 1. The Hall–Kier alpha value is -1.13. The summed E-state index contributed by atoms with van der Waals surface area (Å²) in [5, 5.41) is 13.6. The molecule has 0 amide bonds. The van der Waals surface area contributed by atoms with Gasteiger partial charge in [-0.25, -0.2) is 4.68 Å². The van der Waals surface area contributed by atoms with E-state index in [-0.39, 0.29) is 6.61 Å². The van der Waals surface area contributed by atoms with E-state index in [4.69, 9.17) is 5.11 Å². The highest BCUT2D eigenvalue weighted by molar-refractivity contribution is 9.10. The maximum absolute atomic E-state index is 9.06. The highest BCUT2D eigenvalue weighted by atomic mass is 79.9. The molecule has 0 radical (unpaired) electrons. The van der Waals surface area contributed by atoms with Crippen LogP contribution in [0.25, 0.3) is 5.69 Å². The molecule has 3 nitrogen and oxygen atoms in total. The van der Waals surface area contributed by atoms with E-state index in [0.717, 1.165) is 28.0 Å². The van der Waals surface area contributed by atoms with Crippen molar-refractivity contribution >= 4 is 15.9 Å². The standard InChI is InChI=1S/C14H17BrN2O/c1-3-11-4-6-12(7-5-11)17-14(15)13(8-9-18)10(2)16-17/h4-7,18H,3,8-9H2,1-2H3. The van der Waals surface area contributed by atoms with E-state index in [0.29, 0.717) is 6.42 Å². The van der Waals surface area contributed by atoms with E-state index in [2.05, 4.69) is 52.2 Å². The van der Waals surface area contributed by atoms with Crippen molar-refractivity contribution in [2.24, 2.45) is 0 Å². The molecule has 18 heavy (non-hydrogen) atoms. The highest BCUT2D eigenvalue weighted by Gasteiger charge is 2.13. The third-order valence-corrected chi connectivity index (χ3v) is 3.89. The molecule has 0 aliphatic rings. The van der Waals surface area contributed by atoms with E-state index in [1.807, 2.05) is 11.6 Å². The normalized spacial score (nSPS) is 10.9. The Bertz CT molecular complexity index is 531. The minimum atomic E-state index is 0.139. The summed E-state index contributed by atoms with van der Waals surface area (Å²) in [6, 6.07) is 8.37. The third-order valence-electron chi connectivity index (χ3n) is 3.07. The molecule has 0 aliphatic carbocycles. The molecule has 1 aromatic carbocycles. The molecule has 0 fully saturated rings. The highest BCUT2D eigenvalue weighted by Crippen LogP contribution is 2.24. The molecule has 1 heterocycles. The number of aryl methyl sites for hydroxylation is 2. The fourth-order valence-electron chi connectivity index (χ4n) is 1.97. The van der Waals surface area contributed by atoms with Crippen LogP contribution in [0.5, 0.6) is 0 Å². The average molecular weight is 309 g/mol. The summed E-state index contributed by atoms with van der Waals surface area (Å²) in [5.74, 6) is 0. The average Bonchev–Trinajstić information content (AvgIpc) is 2.67. The molecule has 1 aromatic heterocycles. The fourth-order valence-corrected chi connectivity index (χ4v) is 2.74. The van der Waals surface area contributed by atoms with Gasteiger partial charge in [-0.05, 0) is 47.0 Å². The molecule has 96 valence electrons. The molecular formula is C14H17BrN2O. The van der Waals surface area contributed by atoms with Crippen molar-refractivity contribution < 1.29 is 5.11 Å². The lowest BCUT2D eigenvalue weighted by Crippen LogP contribution is -1.97. The van der Waals surface area contributed by atoms with Gasteiger partial charge in [0.05, 0.1) is 11.4 Å². The van der Waals surface area contributed by atoms with Crippen LogP contribution in [0.3, 0.4) is 0 Å². The molecule has 2 rings (SSSR count). The lowest BCUT2D eigenvalue weighted by Gasteiger charge is -2.05. The predicted molar refractivity (Wildman–Crippen MR) is 76.2 cm³/mol. The second-order valence-electron chi connectivity index (χ2n) is 4.26. The van der Waals surface area contributed by atoms with Gasteiger partial charge in [-0.2, -0.15) is 5.10 Å². The van der Waals surface area contributed by atoms with E-state index in [1.165, 1.54) is 5.56 Å². The smallest absolute Gasteiger partial charge is 0.113 e. The molecule has 0 aliphatic heterocycles. The fraction of sp³-hybridized carbons (Fsp3) is 0.357. The SMILES string of the molecule is CCc1ccc(-n2nc(C)c(CCO)c2Br)cc1. The summed E-state index contributed by atoms with van der Waals surface area (Å²) in [4.78, 5) is 0. The molecule has 0 saturated heterocycles. The van der Waals surface area contributed by atoms with E-state index >= 15 is 0 Å². The van der Waals surface area contributed by atoms with Gasteiger partial charge in [0.25, 0.3) is 0 Å². The van der Waals surface area contributed by atoms with Crippen LogP contribution < -0.4 is 0 Å². The molecule has 1 N–H and O–H groups in total. The first-order valence-corrected chi connectivity index (χ1v) is 6.90. The van der Waals surface area contributed by atoms with Crippen LogP contribution in [0.1, 0.15) is 23.7 Å². The summed E-state index contributed by atoms with van der Waals surface area (Å²) in [6.45, 7) is 4.24. The first-order valence-electron chi connectivity index (χ1n) is 6.11. The van der Waals surface area contributed by atoms with Gasteiger partial charge in [-0.1, -0.05) is 19.1 Å². The second kappa shape index (κ2) is 5.67. The monoisotopic (exact) mass is 308 g/mol. The maximum atomic E-state index is 9.06. The van der Waals surface area contributed by atoms with Crippen LogP contribution in [-0.4, -0.2) is 21.5 Å². The number of hydrogen-bond donors (Lipinski definition) is 1. The maximum Gasteiger partial charge on any atom is 0.113 e. The van der Waals surface area contributed by atoms with Gasteiger partial charge < -0.3 is 5.11 Å². The van der Waals surface area contributed by atoms with Crippen LogP contribution in [0, 0.1) is 6.92 Å². The number of halogens is 1. The van der Waals surface area contributed by atoms with Crippen molar-refractivity contribution in [2.75, 3.05) is 6.61 Å². The quantitative estimate of drug-likeness (QED) is 0.942.